The molecule has 0 spiro atoms. The number of rotatable bonds is 2. The Bertz CT molecular complexity index is 699. The fraction of sp³-hybridized carbons (Fsp3) is 0.312. The lowest BCUT2D eigenvalue weighted by Crippen LogP contribution is -2.48. The molecule has 21 heavy (non-hydrogen) atoms. The summed E-state index contributed by atoms with van der Waals surface area (Å²) < 4.78 is 0. The first-order chi connectivity index (χ1) is 10.1. The van der Waals surface area contributed by atoms with Crippen LogP contribution in [-0.4, -0.2) is 41.3 Å². The second-order valence-electron chi connectivity index (χ2n) is 5.37. The van der Waals surface area contributed by atoms with Crippen molar-refractivity contribution in [3.05, 3.63) is 42.1 Å². The summed E-state index contributed by atoms with van der Waals surface area (Å²) in [6.45, 7) is 0.554. The van der Waals surface area contributed by atoms with Crippen molar-refractivity contribution in [2.75, 3.05) is 13.6 Å². The first-order valence-corrected chi connectivity index (χ1v) is 7.04. The lowest BCUT2D eigenvalue weighted by atomic mass is 10.1. The van der Waals surface area contributed by atoms with Gasteiger partial charge in [-0.25, -0.2) is 4.98 Å². The first kappa shape index (κ1) is 13.5. The molecule has 2 heterocycles. The number of para-hydroxylation sites is 1. The Morgan fingerprint density at radius 2 is 2.10 bits per heavy atom. The van der Waals surface area contributed by atoms with Crippen molar-refractivity contribution >= 4 is 22.7 Å². The van der Waals surface area contributed by atoms with Gasteiger partial charge in [0.2, 0.25) is 5.91 Å². The van der Waals surface area contributed by atoms with Crippen LogP contribution in [0.3, 0.4) is 0 Å². The van der Waals surface area contributed by atoms with Crippen LogP contribution in [0.2, 0.25) is 0 Å². The van der Waals surface area contributed by atoms with Crippen LogP contribution in [0, 0.1) is 0 Å². The van der Waals surface area contributed by atoms with Crippen molar-refractivity contribution in [2.24, 2.45) is 0 Å². The number of likely N-dealkylation sites (N-methyl/N-ethyl adjacent to an activating group) is 1. The summed E-state index contributed by atoms with van der Waals surface area (Å²) >= 11 is 0. The zero-order chi connectivity index (χ0) is 14.8. The molecule has 1 N–H and O–H groups in total. The van der Waals surface area contributed by atoms with Crippen LogP contribution < -0.4 is 5.32 Å². The number of hydrogen-bond acceptors (Lipinski definition) is 3. The molecule has 1 fully saturated rings. The maximum Gasteiger partial charge on any atom is 0.270 e. The molecular formula is C16H17N3O2. The number of aromatic nitrogens is 1. The number of likely N-dealkylation sites (tertiary alicyclic amines) is 1. The normalized spacial score (nSPS) is 18.8. The van der Waals surface area contributed by atoms with E-state index in [1.807, 2.05) is 30.3 Å². The number of amides is 2. The minimum absolute atomic E-state index is 0.00605. The van der Waals surface area contributed by atoms with E-state index < -0.39 is 0 Å². The highest BCUT2D eigenvalue weighted by Crippen LogP contribution is 2.13. The van der Waals surface area contributed by atoms with Gasteiger partial charge < -0.3 is 10.2 Å². The van der Waals surface area contributed by atoms with Crippen molar-refractivity contribution in [2.45, 2.75) is 18.9 Å². The van der Waals surface area contributed by atoms with E-state index in [1.165, 1.54) is 0 Å². The molecule has 0 saturated carbocycles. The van der Waals surface area contributed by atoms with Gasteiger partial charge in [0.1, 0.15) is 5.69 Å². The molecule has 5 heteroatoms. The van der Waals surface area contributed by atoms with E-state index in [9.17, 15) is 9.59 Å². The summed E-state index contributed by atoms with van der Waals surface area (Å²) in [5.74, 6) is -0.0576. The zero-order valence-corrected chi connectivity index (χ0v) is 11.9. The van der Waals surface area contributed by atoms with Gasteiger partial charge >= 0.3 is 0 Å². The highest BCUT2D eigenvalue weighted by Gasteiger charge is 2.24. The Balaban J connectivity index is 1.73. The molecule has 1 unspecified atom stereocenters. The number of carbonyl (C=O) groups excluding carboxylic acids is 2. The standard InChI is InChI=1S/C16H17N3O2/c1-19-10-12(7-9-15(19)20)17-16(21)14-8-6-11-4-2-3-5-13(11)18-14/h2-6,8,12H,7,9-10H2,1H3,(H,17,21). The Morgan fingerprint density at radius 3 is 2.90 bits per heavy atom. The highest BCUT2D eigenvalue weighted by molar-refractivity contribution is 5.95. The van der Waals surface area contributed by atoms with Crippen LogP contribution in [0.5, 0.6) is 0 Å². The van der Waals surface area contributed by atoms with Crippen LogP contribution in [0.15, 0.2) is 36.4 Å². The molecule has 3 rings (SSSR count). The van der Waals surface area contributed by atoms with E-state index >= 15 is 0 Å². The Hall–Kier alpha value is -2.43. The van der Waals surface area contributed by atoms with Gasteiger partial charge in [0.15, 0.2) is 0 Å². The molecular weight excluding hydrogens is 266 g/mol. The van der Waals surface area contributed by atoms with Crippen LogP contribution in [0.1, 0.15) is 23.3 Å². The van der Waals surface area contributed by atoms with E-state index in [4.69, 9.17) is 0 Å². The predicted octanol–water partition coefficient (Wildman–Crippen LogP) is 1.59. The van der Waals surface area contributed by atoms with Gasteiger partial charge in [0, 0.05) is 31.4 Å². The van der Waals surface area contributed by atoms with Crippen LogP contribution in [-0.2, 0) is 4.79 Å². The Kier molecular flexibility index (Phi) is 3.56. The molecule has 0 radical (unpaired) electrons. The molecule has 0 aliphatic carbocycles. The van der Waals surface area contributed by atoms with Crippen molar-refractivity contribution in [1.29, 1.82) is 0 Å². The smallest absolute Gasteiger partial charge is 0.270 e. The summed E-state index contributed by atoms with van der Waals surface area (Å²) in [4.78, 5) is 29.7. The second-order valence-corrected chi connectivity index (χ2v) is 5.37. The predicted molar refractivity (Wildman–Crippen MR) is 79.9 cm³/mol. The summed E-state index contributed by atoms with van der Waals surface area (Å²) in [7, 11) is 1.76. The fourth-order valence-electron chi connectivity index (χ4n) is 2.58. The third-order valence-corrected chi connectivity index (χ3v) is 3.79. The van der Waals surface area contributed by atoms with Crippen molar-refractivity contribution in [3.8, 4) is 0 Å². The van der Waals surface area contributed by atoms with E-state index in [-0.39, 0.29) is 17.9 Å². The number of carbonyl (C=O) groups is 2. The second kappa shape index (κ2) is 5.52. The number of nitrogens with zero attached hydrogens (tertiary/aromatic N) is 2. The molecule has 2 amide bonds. The quantitative estimate of drug-likeness (QED) is 0.910. The van der Waals surface area contributed by atoms with Gasteiger partial charge in [-0.2, -0.15) is 0 Å². The van der Waals surface area contributed by atoms with Crippen LogP contribution in [0.4, 0.5) is 0 Å². The number of fused-ring (bicyclic) bond motifs is 1. The molecule has 108 valence electrons. The molecule has 1 aromatic heterocycles. The molecule has 1 atom stereocenters. The molecule has 1 saturated heterocycles. The topological polar surface area (TPSA) is 62.3 Å². The summed E-state index contributed by atoms with van der Waals surface area (Å²) in [5, 5.41) is 3.97. The largest absolute Gasteiger partial charge is 0.346 e. The summed E-state index contributed by atoms with van der Waals surface area (Å²) in [6, 6.07) is 11.3. The number of nitrogens with one attached hydrogen (secondary N) is 1. The van der Waals surface area contributed by atoms with Crippen LogP contribution in [0.25, 0.3) is 10.9 Å². The first-order valence-electron chi connectivity index (χ1n) is 7.04. The zero-order valence-electron chi connectivity index (χ0n) is 11.9. The summed E-state index contributed by atoms with van der Waals surface area (Å²) in [6.07, 6.45) is 1.16. The Morgan fingerprint density at radius 1 is 1.29 bits per heavy atom. The minimum Gasteiger partial charge on any atom is -0.346 e. The van der Waals surface area contributed by atoms with Gasteiger partial charge in [-0.1, -0.05) is 24.3 Å². The SMILES string of the molecule is CN1CC(NC(=O)c2ccc3ccccc3n2)CCC1=O. The van der Waals surface area contributed by atoms with Crippen molar-refractivity contribution in [3.63, 3.8) is 0 Å². The van der Waals surface area contributed by atoms with E-state index in [2.05, 4.69) is 10.3 Å². The molecule has 2 aromatic rings. The molecule has 1 aromatic carbocycles. The van der Waals surface area contributed by atoms with Gasteiger partial charge in [-0.15, -0.1) is 0 Å². The molecule has 1 aliphatic rings. The number of pyridine rings is 1. The number of benzene rings is 1. The third kappa shape index (κ3) is 2.86. The van der Waals surface area contributed by atoms with Crippen molar-refractivity contribution in [1.82, 2.24) is 15.2 Å². The van der Waals surface area contributed by atoms with E-state index in [0.29, 0.717) is 25.1 Å². The van der Waals surface area contributed by atoms with Crippen LogP contribution >= 0.6 is 0 Å². The molecule has 0 bridgehead atoms. The average Bonchev–Trinajstić information content (AvgIpc) is 2.50. The number of hydrogen-bond donors (Lipinski definition) is 1. The average molecular weight is 283 g/mol. The van der Waals surface area contributed by atoms with Gasteiger partial charge in [-0.3, -0.25) is 9.59 Å². The third-order valence-electron chi connectivity index (χ3n) is 3.79. The van der Waals surface area contributed by atoms with Gasteiger partial charge in [-0.05, 0) is 18.6 Å². The number of piperidine rings is 1. The van der Waals surface area contributed by atoms with E-state index in [0.717, 1.165) is 10.9 Å². The fourth-order valence-corrected chi connectivity index (χ4v) is 2.58. The van der Waals surface area contributed by atoms with Gasteiger partial charge in [0.05, 0.1) is 5.52 Å². The highest BCUT2D eigenvalue weighted by atomic mass is 16.2. The van der Waals surface area contributed by atoms with Crippen molar-refractivity contribution < 1.29 is 9.59 Å². The lowest BCUT2D eigenvalue weighted by Gasteiger charge is -2.30. The minimum atomic E-state index is -0.187. The maximum absolute atomic E-state index is 12.3. The van der Waals surface area contributed by atoms with E-state index in [1.54, 1.807) is 18.0 Å². The van der Waals surface area contributed by atoms with Gasteiger partial charge in [0.25, 0.3) is 5.91 Å². The maximum atomic E-state index is 12.3. The lowest BCUT2D eigenvalue weighted by molar-refractivity contribution is -0.132. The monoisotopic (exact) mass is 283 g/mol. The molecule has 5 nitrogen and oxygen atoms in total. The Labute approximate surface area is 123 Å². The summed E-state index contributed by atoms with van der Waals surface area (Å²) in [5.41, 5.74) is 1.22. The molecule has 1 aliphatic heterocycles.